The van der Waals surface area contributed by atoms with Crippen molar-refractivity contribution in [1.82, 2.24) is 4.90 Å². The zero-order valence-electron chi connectivity index (χ0n) is 11.1. The maximum atomic E-state index is 12.0. The molecule has 3 heteroatoms. The summed E-state index contributed by atoms with van der Waals surface area (Å²) in [7, 11) is 0. The van der Waals surface area contributed by atoms with Crippen LogP contribution in [0.1, 0.15) is 18.4 Å². The third-order valence-electron chi connectivity index (χ3n) is 2.82. The van der Waals surface area contributed by atoms with Gasteiger partial charge in [0.2, 0.25) is 5.91 Å². The minimum absolute atomic E-state index is 0.147. The predicted octanol–water partition coefficient (Wildman–Crippen LogP) is 3.86. The van der Waals surface area contributed by atoms with Crippen molar-refractivity contribution in [2.45, 2.75) is 19.3 Å². The molecule has 0 saturated carbocycles. The van der Waals surface area contributed by atoms with Gasteiger partial charge in [0.05, 0.1) is 0 Å². The number of carbonyl (C=O) groups is 1. The van der Waals surface area contributed by atoms with E-state index in [1.807, 2.05) is 24.3 Å². The Morgan fingerprint density at radius 2 is 1.74 bits per heavy atom. The van der Waals surface area contributed by atoms with E-state index in [2.05, 4.69) is 13.2 Å². The van der Waals surface area contributed by atoms with Crippen LogP contribution in [0.5, 0.6) is 0 Å². The molecule has 0 bridgehead atoms. The number of aryl methyl sites for hydroxylation is 1. The second-order valence-electron chi connectivity index (χ2n) is 4.36. The Balaban J connectivity index is 2.38. The minimum Gasteiger partial charge on any atom is -0.335 e. The number of nitrogens with zero attached hydrogens (tertiary/aromatic N) is 1. The average Bonchev–Trinajstić information content (AvgIpc) is 2.40. The van der Waals surface area contributed by atoms with E-state index in [9.17, 15) is 4.79 Å². The van der Waals surface area contributed by atoms with Gasteiger partial charge < -0.3 is 4.90 Å². The Bertz CT molecular complexity index is 415. The van der Waals surface area contributed by atoms with Crippen molar-refractivity contribution < 1.29 is 4.79 Å². The van der Waals surface area contributed by atoms with E-state index in [1.54, 1.807) is 17.1 Å². The minimum atomic E-state index is 0.147. The number of benzene rings is 1. The van der Waals surface area contributed by atoms with Crippen molar-refractivity contribution >= 4 is 17.5 Å². The zero-order chi connectivity index (χ0) is 14.1. The summed E-state index contributed by atoms with van der Waals surface area (Å²) >= 11 is 5.83. The maximum absolute atomic E-state index is 12.0. The van der Waals surface area contributed by atoms with Crippen LogP contribution in [0.25, 0.3) is 0 Å². The van der Waals surface area contributed by atoms with Gasteiger partial charge >= 0.3 is 0 Å². The van der Waals surface area contributed by atoms with Gasteiger partial charge in [0.1, 0.15) is 0 Å². The molecule has 1 rings (SSSR count). The van der Waals surface area contributed by atoms with Crippen LogP contribution >= 0.6 is 11.6 Å². The summed E-state index contributed by atoms with van der Waals surface area (Å²) < 4.78 is 0. The van der Waals surface area contributed by atoms with E-state index in [0.717, 1.165) is 17.9 Å². The van der Waals surface area contributed by atoms with Crippen molar-refractivity contribution in [3.8, 4) is 0 Å². The molecular formula is C16H20ClNO. The number of rotatable bonds is 8. The van der Waals surface area contributed by atoms with Gasteiger partial charge in [-0.3, -0.25) is 4.79 Å². The van der Waals surface area contributed by atoms with E-state index in [4.69, 9.17) is 11.6 Å². The second-order valence-corrected chi connectivity index (χ2v) is 4.79. The van der Waals surface area contributed by atoms with E-state index in [-0.39, 0.29) is 5.91 Å². The van der Waals surface area contributed by atoms with Crippen LogP contribution in [0.2, 0.25) is 5.02 Å². The molecule has 102 valence electrons. The molecule has 0 aliphatic carbocycles. The topological polar surface area (TPSA) is 20.3 Å². The standard InChI is InChI=1S/C16H20ClNO/c1-3-12-18(13-4-2)16(19)7-5-6-14-8-10-15(17)11-9-14/h3-4,8-11H,1-2,5-7,12-13H2. The molecule has 0 unspecified atom stereocenters. The third-order valence-corrected chi connectivity index (χ3v) is 3.07. The van der Waals surface area contributed by atoms with Crippen LogP contribution in [0, 0.1) is 0 Å². The molecule has 0 aliphatic rings. The first-order chi connectivity index (χ1) is 9.17. The number of halogens is 1. The van der Waals surface area contributed by atoms with Crippen molar-refractivity contribution in [2.75, 3.05) is 13.1 Å². The zero-order valence-corrected chi connectivity index (χ0v) is 11.9. The van der Waals surface area contributed by atoms with Crippen molar-refractivity contribution in [3.63, 3.8) is 0 Å². The molecule has 0 atom stereocenters. The number of hydrogen-bond acceptors (Lipinski definition) is 1. The van der Waals surface area contributed by atoms with Gasteiger partial charge in [-0.2, -0.15) is 0 Å². The normalized spacial score (nSPS) is 9.95. The first-order valence-corrected chi connectivity index (χ1v) is 6.79. The lowest BCUT2D eigenvalue weighted by Gasteiger charge is -2.19. The molecule has 2 nitrogen and oxygen atoms in total. The molecule has 0 radical (unpaired) electrons. The van der Waals surface area contributed by atoms with Crippen LogP contribution in [-0.4, -0.2) is 23.9 Å². The summed E-state index contributed by atoms with van der Waals surface area (Å²) in [5.41, 5.74) is 1.20. The summed E-state index contributed by atoms with van der Waals surface area (Å²) in [6.45, 7) is 8.47. The molecular weight excluding hydrogens is 258 g/mol. The van der Waals surface area contributed by atoms with Gasteiger partial charge in [-0.25, -0.2) is 0 Å². The molecule has 0 spiro atoms. The molecule has 0 fully saturated rings. The molecule has 1 aromatic rings. The van der Waals surface area contributed by atoms with Crippen molar-refractivity contribution in [2.24, 2.45) is 0 Å². The highest BCUT2D eigenvalue weighted by atomic mass is 35.5. The lowest BCUT2D eigenvalue weighted by molar-refractivity contribution is -0.130. The fourth-order valence-corrected chi connectivity index (χ4v) is 1.97. The van der Waals surface area contributed by atoms with E-state index in [0.29, 0.717) is 19.5 Å². The Labute approximate surface area is 120 Å². The van der Waals surface area contributed by atoms with Gasteiger partial charge in [-0.1, -0.05) is 35.9 Å². The molecule has 0 saturated heterocycles. The largest absolute Gasteiger partial charge is 0.335 e. The number of hydrogen-bond donors (Lipinski definition) is 0. The number of amides is 1. The van der Waals surface area contributed by atoms with Crippen molar-refractivity contribution in [1.29, 1.82) is 0 Å². The lowest BCUT2D eigenvalue weighted by atomic mass is 10.1. The van der Waals surface area contributed by atoms with Crippen LogP contribution in [0.4, 0.5) is 0 Å². The Morgan fingerprint density at radius 1 is 1.16 bits per heavy atom. The van der Waals surface area contributed by atoms with Crippen LogP contribution in [0.3, 0.4) is 0 Å². The fraction of sp³-hybridized carbons (Fsp3) is 0.312. The Hall–Kier alpha value is -1.54. The van der Waals surface area contributed by atoms with Gasteiger partial charge in [0.15, 0.2) is 0 Å². The molecule has 19 heavy (non-hydrogen) atoms. The quantitative estimate of drug-likeness (QED) is 0.661. The Kier molecular flexibility index (Phi) is 6.98. The predicted molar refractivity (Wildman–Crippen MR) is 81.4 cm³/mol. The molecule has 0 N–H and O–H groups in total. The molecule has 1 amide bonds. The summed E-state index contributed by atoms with van der Waals surface area (Å²) in [5.74, 6) is 0.147. The summed E-state index contributed by atoms with van der Waals surface area (Å²) in [6, 6.07) is 7.75. The highest BCUT2D eigenvalue weighted by Crippen LogP contribution is 2.12. The lowest BCUT2D eigenvalue weighted by Crippen LogP contribution is -2.31. The maximum Gasteiger partial charge on any atom is 0.223 e. The van der Waals surface area contributed by atoms with Crippen molar-refractivity contribution in [3.05, 3.63) is 60.2 Å². The Morgan fingerprint density at radius 3 is 2.26 bits per heavy atom. The SMILES string of the molecule is C=CCN(CC=C)C(=O)CCCc1ccc(Cl)cc1. The van der Waals surface area contributed by atoms with Gasteiger partial charge in [-0.15, -0.1) is 13.2 Å². The van der Waals surface area contributed by atoms with E-state index < -0.39 is 0 Å². The highest BCUT2D eigenvalue weighted by molar-refractivity contribution is 6.30. The van der Waals surface area contributed by atoms with Crippen LogP contribution < -0.4 is 0 Å². The fourth-order valence-electron chi connectivity index (χ4n) is 1.84. The van der Waals surface area contributed by atoms with Gasteiger partial charge in [-0.05, 0) is 30.5 Å². The average molecular weight is 278 g/mol. The third kappa shape index (κ3) is 5.75. The molecule has 0 aliphatic heterocycles. The van der Waals surface area contributed by atoms with Crippen LogP contribution in [0.15, 0.2) is 49.6 Å². The monoisotopic (exact) mass is 277 g/mol. The molecule has 0 heterocycles. The smallest absolute Gasteiger partial charge is 0.223 e. The number of carbonyl (C=O) groups excluding carboxylic acids is 1. The van der Waals surface area contributed by atoms with E-state index in [1.165, 1.54) is 5.56 Å². The highest BCUT2D eigenvalue weighted by Gasteiger charge is 2.09. The van der Waals surface area contributed by atoms with Gasteiger partial charge in [0, 0.05) is 24.5 Å². The summed E-state index contributed by atoms with van der Waals surface area (Å²) in [5, 5.41) is 0.739. The molecule has 1 aromatic carbocycles. The first-order valence-electron chi connectivity index (χ1n) is 6.41. The second kappa shape index (κ2) is 8.54. The van der Waals surface area contributed by atoms with E-state index >= 15 is 0 Å². The van der Waals surface area contributed by atoms with Crippen LogP contribution in [-0.2, 0) is 11.2 Å². The summed E-state index contributed by atoms with van der Waals surface area (Å²) in [6.07, 6.45) is 5.75. The van der Waals surface area contributed by atoms with Gasteiger partial charge in [0.25, 0.3) is 0 Å². The first kappa shape index (κ1) is 15.5. The molecule has 0 aromatic heterocycles. The summed E-state index contributed by atoms with van der Waals surface area (Å²) in [4.78, 5) is 13.7.